The lowest BCUT2D eigenvalue weighted by Gasteiger charge is -2.28. The Morgan fingerprint density at radius 1 is 1.32 bits per heavy atom. The van der Waals surface area contributed by atoms with Crippen LogP contribution in [0.4, 0.5) is 5.82 Å². The maximum absolute atomic E-state index is 12.5. The van der Waals surface area contributed by atoms with Gasteiger partial charge in [-0.15, -0.1) is 0 Å². The Morgan fingerprint density at radius 3 is 2.68 bits per heavy atom. The summed E-state index contributed by atoms with van der Waals surface area (Å²) in [6.45, 7) is 5.53. The Kier molecular flexibility index (Phi) is 3.80. The number of fused-ring (bicyclic) bond motifs is 1. The van der Waals surface area contributed by atoms with Gasteiger partial charge in [0.2, 0.25) is 5.91 Å². The van der Waals surface area contributed by atoms with Crippen LogP contribution < -0.4 is 21.6 Å². The van der Waals surface area contributed by atoms with Crippen LogP contribution in [0, 0.1) is 0 Å². The molecule has 2 aromatic heterocycles. The van der Waals surface area contributed by atoms with Crippen LogP contribution in [0.25, 0.3) is 11.2 Å². The molecule has 0 radical (unpaired) electrons. The zero-order valence-electron chi connectivity index (χ0n) is 12.4. The summed E-state index contributed by atoms with van der Waals surface area (Å²) in [6, 6.07) is 0. The Balaban J connectivity index is 2.22. The van der Waals surface area contributed by atoms with Crippen molar-refractivity contribution in [1.29, 1.82) is 0 Å². The molecule has 1 amide bonds. The van der Waals surface area contributed by atoms with Crippen molar-refractivity contribution < 1.29 is 4.79 Å². The van der Waals surface area contributed by atoms with Crippen LogP contribution in [-0.2, 0) is 17.9 Å². The lowest BCUT2D eigenvalue weighted by Crippen LogP contribution is -2.44. The first-order valence-electron chi connectivity index (χ1n) is 7.31. The monoisotopic (exact) mass is 305 g/mol. The molecule has 3 heterocycles. The summed E-state index contributed by atoms with van der Waals surface area (Å²) in [4.78, 5) is 34.4. The zero-order valence-corrected chi connectivity index (χ0v) is 12.4. The molecule has 0 saturated carbocycles. The van der Waals surface area contributed by atoms with E-state index < -0.39 is 5.91 Å². The number of hydrogen-bond acceptors (Lipinski definition) is 6. The topological polar surface area (TPSA) is 111 Å². The van der Waals surface area contributed by atoms with Gasteiger partial charge in [0.1, 0.15) is 18.4 Å². The zero-order chi connectivity index (χ0) is 15.7. The summed E-state index contributed by atoms with van der Waals surface area (Å²) < 4.78 is 2.91. The first-order chi connectivity index (χ1) is 10.6. The largest absolute Gasteiger partial charge is 0.368 e. The number of amides is 1. The van der Waals surface area contributed by atoms with Gasteiger partial charge in [-0.2, -0.15) is 0 Å². The summed E-state index contributed by atoms with van der Waals surface area (Å²) in [7, 11) is 0. The normalized spacial score (nSPS) is 15.4. The molecule has 0 unspecified atom stereocenters. The predicted octanol–water partition coefficient (Wildman–Crippen LogP) is -1.49. The molecule has 22 heavy (non-hydrogen) atoms. The van der Waals surface area contributed by atoms with Crippen LogP contribution in [-0.4, -0.2) is 51.2 Å². The molecule has 9 nitrogen and oxygen atoms in total. The van der Waals surface area contributed by atoms with Gasteiger partial charge in [-0.25, -0.2) is 14.8 Å². The van der Waals surface area contributed by atoms with E-state index in [2.05, 4.69) is 20.2 Å². The van der Waals surface area contributed by atoms with E-state index >= 15 is 0 Å². The number of carbonyl (C=O) groups is 1. The Hall–Kier alpha value is -2.42. The highest BCUT2D eigenvalue weighted by atomic mass is 16.2. The molecule has 3 rings (SSSR count). The number of carbonyl (C=O) groups excluding carboxylic acids is 1. The van der Waals surface area contributed by atoms with Gasteiger partial charge in [0, 0.05) is 32.7 Å². The first kappa shape index (κ1) is 14.5. The van der Waals surface area contributed by atoms with Crippen LogP contribution in [0.3, 0.4) is 0 Å². The number of piperazine rings is 1. The van der Waals surface area contributed by atoms with Crippen molar-refractivity contribution in [2.24, 2.45) is 5.73 Å². The Labute approximate surface area is 126 Å². The van der Waals surface area contributed by atoms with Gasteiger partial charge in [0.05, 0.1) is 0 Å². The maximum atomic E-state index is 12.5. The van der Waals surface area contributed by atoms with Gasteiger partial charge in [0.15, 0.2) is 11.5 Å². The van der Waals surface area contributed by atoms with E-state index in [1.165, 1.54) is 10.9 Å². The Morgan fingerprint density at radius 2 is 2.05 bits per heavy atom. The highest BCUT2D eigenvalue weighted by molar-refractivity contribution is 5.85. The third kappa shape index (κ3) is 2.33. The molecule has 0 aliphatic carbocycles. The maximum Gasteiger partial charge on any atom is 0.330 e. The number of aryl methyl sites for hydroxylation is 1. The summed E-state index contributed by atoms with van der Waals surface area (Å²) in [6.07, 6.45) is 1.43. The van der Waals surface area contributed by atoms with Crippen LogP contribution in [0.15, 0.2) is 11.1 Å². The molecule has 1 fully saturated rings. The standard InChI is InChI=1S/C13H19N7O2/c1-2-19-10-11(18-5-3-15-4-6-18)16-8-17-12(10)20(13(19)22)7-9(14)21/h8,15H,2-7H2,1H3,(H2,14,21). The number of nitrogens with zero attached hydrogens (tertiary/aromatic N) is 5. The molecule has 1 aliphatic heterocycles. The molecule has 118 valence electrons. The van der Waals surface area contributed by atoms with Gasteiger partial charge in [0.25, 0.3) is 0 Å². The minimum absolute atomic E-state index is 0.180. The molecule has 0 bridgehead atoms. The molecule has 2 aromatic rings. The lowest BCUT2D eigenvalue weighted by atomic mass is 10.3. The minimum atomic E-state index is -0.570. The first-order valence-corrected chi connectivity index (χ1v) is 7.31. The number of anilines is 1. The fraction of sp³-hybridized carbons (Fsp3) is 0.538. The molecule has 1 aliphatic rings. The van der Waals surface area contributed by atoms with Gasteiger partial charge in [-0.1, -0.05) is 0 Å². The van der Waals surface area contributed by atoms with E-state index in [1.54, 1.807) is 4.57 Å². The number of rotatable bonds is 4. The van der Waals surface area contributed by atoms with E-state index in [0.29, 0.717) is 17.7 Å². The third-order valence-electron chi connectivity index (χ3n) is 3.82. The number of hydrogen-bond donors (Lipinski definition) is 2. The molecule has 9 heteroatoms. The lowest BCUT2D eigenvalue weighted by molar-refractivity contribution is -0.118. The van der Waals surface area contributed by atoms with Crippen LogP contribution >= 0.6 is 0 Å². The molecule has 0 atom stereocenters. The van der Waals surface area contributed by atoms with Crippen molar-refractivity contribution in [2.75, 3.05) is 31.1 Å². The second-order valence-electron chi connectivity index (χ2n) is 5.19. The van der Waals surface area contributed by atoms with E-state index in [0.717, 1.165) is 32.0 Å². The van der Waals surface area contributed by atoms with Crippen molar-refractivity contribution in [1.82, 2.24) is 24.4 Å². The number of imidazole rings is 1. The number of nitrogens with two attached hydrogens (primary N) is 1. The van der Waals surface area contributed by atoms with Crippen molar-refractivity contribution in [3.05, 3.63) is 16.8 Å². The fourth-order valence-electron chi connectivity index (χ4n) is 2.83. The SMILES string of the molecule is CCn1c(=O)n(CC(N)=O)c2ncnc(N3CCNCC3)c21. The van der Waals surface area contributed by atoms with E-state index in [1.807, 2.05) is 6.92 Å². The summed E-state index contributed by atoms with van der Waals surface area (Å²) in [5.74, 6) is 0.160. The molecule has 1 saturated heterocycles. The highest BCUT2D eigenvalue weighted by Crippen LogP contribution is 2.22. The second kappa shape index (κ2) is 5.76. The van der Waals surface area contributed by atoms with Crippen molar-refractivity contribution >= 4 is 22.9 Å². The number of nitrogens with one attached hydrogen (secondary N) is 1. The van der Waals surface area contributed by atoms with Crippen molar-refractivity contribution in [3.8, 4) is 0 Å². The van der Waals surface area contributed by atoms with Crippen LogP contribution in [0.2, 0.25) is 0 Å². The average molecular weight is 305 g/mol. The summed E-state index contributed by atoms with van der Waals surface area (Å²) in [5.41, 5.74) is 6.08. The van der Waals surface area contributed by atoms with Crippen LogP contribution in [0.1, 0.15) is 6.92 Å². The highest BCUT2D eigenvalue weighted by Gasteiger charge is 2.22. The van der Waals surface area contributed by atoms with Crippen molar-refractivity contribution in [2.45, 2.75) is 20.0 Å². The number of primary amides is 1. The number of aromatic nitrogens is 4. The molecule has 0 aromatic carbocycles. The molecule has 0 spiro atoms. The predicted molar refractivity (Wildman–Crippen MR) is 81.7 cm³/mol. The quantitative estimate of drug-likeness (QED) is 0.712. The van der Waals surface area contributed by atoms with Gasteiger partial charge in [-0.3, -0.25) is 13.9 Å². The molecular formula is C13H19N7O2. The molecule has 3 N–H and O–H groups in total. The van der Waals surface area contributed by atoms with E-state index in [4.69, 9.17) is 5.73 Å². The van der Waals surface area contributed by atoms with E-state index in [9.17, 15) is 9.59 Å². The smallest absolute Gasteiger partial charge is 0.330 e. The minimum Gasteiger partial charge on any atom is -0.368 e. The fourth-order valence-corrected chi connectivity index (χ4v) is 2.83. The summed E-state index contributed by atoms with van der Waals surface area (Å²) in [5, 5.41) is 3.28. The van der Waals surface area contributed by atoms with Gasteiger partial charge >= 0.3 is 5.69 Å². The second-order valence-corrected chi connectivity index (χ2v) is 5.19. The molecular weight excluding hydrogens is 286 g/mol. The van der Waals surface area contributed by atoms with Gasteiger partial charge in [-0.05, 0) is 6.92 Å². The average Bonchev–Trinajstić information content (AvgIpc) is 2.79. The van der Waals surface area contributed by atoms with Crippen molar-refractivity contribution in [3.63, 3.8) is 0 Å². The van der Waals surface area contributed by atoms with E-state index in [-0.39, 0.29) is 12.2 Å². The third-order valence-corrected chi connectivity index (χ3v) is 3.82. The Bertz CT molecular complexity index is 758. The summed E-state index contributed by atoms with van der Waals surface area (Å²) >= 11 is 0. The van der Waals surface area contributed by atoms with Crippen LogP contribution in [0.5, 0.6) is 0 Å². The van der Waals surface area contributed by atoms with Gasteiger partial charge < -0.3 is 16.0 Å².